The van der Waals surface area contributed by atoms with E-state index in [4.69, 9.17) is 0 Å². The summed E-state index contributed by atoms with van der Waals surface area (Å²) >= 11 is 1.85. The molecule has 3 heterocycles. The van der Waals surface area contributed by atoms with Gasteiger partial charge >= 0.3 is 0 Å². The maximum Gasteiger partial charge on any atom is 0.142 e. The summed E-state index contributed by atoms with van der Waals surface area (Å²) in [5, 5.41) is 4.81. The molecule has 1 saturated heterocycles. The van der Waals surface area contributed by atoms with Gasteiger partial charge < -0.3 is 10.2 Å². The molecule has 5 heteroatoms. The van der Waals surface area contributed by atoms with Crippen molar-refractivity contribution >= 4 is 38.7 Å². The highest BCUT2D eigenvalue weighted by Crippen LogP contribution is 2.40. The van der Waals surface area contributed by atoms with Crippen LogP contribution in [-0.4, -0.2) is 23.1 Å². The second kappa shape index (κ2) is 7.36. The van der Waals surface area contributed by atoms with Gasteiger partial charge in [0.2, 0.25) is 0 Å². The van der Waals surface area contributed by atoms with Gasteiger partial charge in [-0.3, -0.25) is 0 Å². The van der Waals surface area contributed by atoms with Crippen LogP contribution in [-0.2, 0) is 12.8 Å². The van der Waals surface area contributed by atoms with Gasteiger partial charge in [0.25, 0.3) is 0 Å². The van der Waals surface area contributed by atoms with Gasteiger partial charge in [0.05, 0.1) is 5.39 Å². The number of hydrogen-bond acceptors (Lipinski definition) is 5. The van der Waals surface area contributed by atoms with Crippen molar-refractivity contribution < 1.29 is 0 Å². The summed E-state index contributed by atoms with van der Waals surface area (Å²) in [6.07, 6.45) is 7.86. The lowest BCUT2D eigenvalue weighted by Crippen LogP contribution is -2.32. The molecule has 2 aromatic heterocycles. The summed E-state index contributed by atoms with van der Waals surface area (Å²) in [7, 11) is 0. The van der Waals surface area contributed by atoms with Crippen LogP contribution >= 0.6 is 11.3 Å². The molecule has 3 aromatic rings. The number of aromatic nitrogens is 2. The van der Waals surface area contributed by atoms with Gasteiger partial charge in [0.1, 0.15) is 17.0 Å². The highest BCUT2D eigenvalue weighted by atomic mass is 32.1. The Bertz CT molecular complexity index is 970. The number of benzene rings is 1. The molecule has 28 heavy (non-hydrogen) atoms. The van der Waals surface area contributed by atoms with Gasteiger partial charge in [0, 0.05) is 29.3 Å². The molecule has 0 amide bonds. The molecule has 5 rings (SSSR count). The first-order valence-electron chi connectivity index (χ1n) is 10.5. The van der Waals surface area contributed by atoms with E-state index in [1.807, 2.05) is 11.3 Å². The Balaban J connectivity index is 1.40. The Morgan fingerprint density at radius 3 is 2.57 bits per heavy atom. The first kappa shape index (κ1) is 17.9. The lowest BCUT2D eigenvalue weighted by atomic mass is 9.89. The van der Waals surface area contributed by atoms with Gasteiger partial charge in [-0.15, -0.1) is 11.3 Å². The lowest BCUT2D eigenvalue weighted by molar-refractivity contribution is 0.438. The quantitative estimate of drug-likeness (QED) is 0.612. The number of aryl methyl sites for hydroxylation is 1. The maximum atomic E-state index is 4.60. The minimum absolute atomic E-state index is 0.773. The molecular weight excluding hydrogens is 364 g/mol. The summed E-state index contributed by atoms with van der Waals surface area (Å²) in [4.78, 5) is 14.3. The van der Waals surface area contributed by atoms with Crippen molar-refractivity contribution in [1.82, 2.24) is 9.97 Å². The van der Waals surface area contributed by atoms with Crippen molar-refractivity contribution in [2.24, 2.45) is 11.8 Å². The molecule has 1 aromatic carbocycles. The molecule has 2 aliphatic rings. The van der Waals surface area contributed by atoms with E-state index in [1.165, 1.54) is 60.3 Å². The third-order valence-corrected chi connectivity index (χ3v) is 7.53. The van der Waals surface area contributed by atoms with Crippen molar-refractivity contribution in [3.8, 4) is 0 Å². The van der Waals surface area contributed by atoms with Crippen molar-refractivity contribution in [3.63, 3.8) is 0 Å². The van der Waals surface area contributed by atoms with Crippen LogP contribution in [0.2, 0.25) is 0 Å². The normalized spacial score (nSPS) is 20.4. The Hall–Kier alpha value is -2.14. The highest BCUT2D eigenvalue weighted by molar-refractivity contribution is 7.19. The second-order valence-corrected chi connectivity index (χ2v) is 9.68. The maximum absolute atomic E-state index is 4.60. The van der Waals surface area contributed by atoms with E-state index in [0.29, 0.717) is 0 Å². The fourth-order valence-electron chi connectivity index (χ4n) is 4.53. The van der Waals surface area contributed by atoms with Gasteiger partial charge in [-0.05, 0) is 73.8 Å². The SMILES string of the molecule is CC1CCN(c2ccc(Nc3ncnc4sc5c(c34)CCC(C)C5)cc2)CC1. The monoisotopic (exact) mass is 392 g/mol. The van der Waals surface area contributed by atoms with E-state index in [0.717, 1.165) is 34.6 Å². The van der Waals surface area contributed by atoms with Crippen molar-refractivity contribution in [2.75, 3.05) is 23.3 Å². The van der Waals surface area contributed by atoms with E-state index in [1.54, 1.807) is 6.33 Å². The van der Waals surface area contributed by atoms with Crippen LogP contribution in [0.25, 0.3) is 10.2 Å². The average molecular weight is 393 g/mol. The summed E-state index contributed by atoms with van der Waals surface area (Å²) in [6, 6.07) is 8.84. The fraction of sp³-hybridized carbons (Fsp3) is 0.478. The van der Waals surface area contributed by atoms with Crippen LogP contribution in [0.1, 0.15) is 43.6 Å². The Morgan fingerprint density at radius 1 is 1.00 bits per heavy atom. The number of rotatable bonds is 3. The van der Waals surface area contributed by atoms with Gasteiger partial charge in [0.15, 0.2) is 0 Å². The van der Waals surface area contributed by atoms with Crippen molar-refractivity contribution in [1.29, 1.82) is 0 Å². The Kier molecular flexibility index (Phi) is 4.71. The molecule has 0 radical (unpaired) electrons. The summed E-state index contributed by atoms with van der Waals surface area (Å²) in [5.41, 5.74) is 3.89. The zero-order valence-electron chi connectivity index (χ0n) is 16.7. The van der Waals surface area contributed by atoms with Crippen LogP contribution in [0.3, 0.4) is 0 Å². The number of hydrogen-bond donors (Lipinski definition) is 1. The predicted molar refractivity (Wildman–Crippen MR) is 119 cm³/mol. The number of thiophene rings is 1. The van der Waals surface area contributed by atoms with Crippen molar-refractivity contribution in [2.45, 2.75) is 46.0 Å². The Labute approximate surface area is 171 Å². The molecule has 1 N–H and O–H groups in total. The predicted octanol–water partition coefficient (Wildman–Crippen LogP) is 5.80. The van der Waals surface area contributed by atoms with Crippen LogP contribution in [0.4, 0.5) is 17.2 Å². The number of anilines is 3. The van der Waals surface area contributed by atoms with Gasteiger partial charge in [-0.25, -0.2) is 9.97 Å². The van der Waals surface area contributed by atoms with E-state index in [9.17, 15) is 0 Å². The van der Waals surface area contributed by atoms with E-state index >= 15 is 0 Å². The van der Waals surface area contributed by atoms with E-state index in [2.05, 4.69) is 58.3 Å². The molecule has 1 aliphatic carbocycles. The van der Waals surface area contributed by atoms with Crippen LogP contribution in [0, 0.1) is 11.8 Å². The lowest BCUT2D eigenvalue weighted by Gasteiger charge is -2.32. The molecule has 0 bridgehead atoms. The molecule has 0 saturated carbocycles. The van der Waals surface area contributed by atoms with Crippen LogP contribution in [0.5, 0.6) is 0 Å². The topological polar surface area (TPSA) is 41.0 Å². The van der Waals surface area contributed by atoms with E-state index in [-0.39, 0.29) is 0 Å². The van der Waals surface area contributed by atoms with Crippen LogP contribution in [0.15, 0.2) is 30.6 Å². The molecule has 1 fully saturated rings. The van der Waals surface area contributed by atoms with Crippen LogP contribution < -0.4 is 10.2 Å². The number of nitrogens with one attached hydrogen (secondary N) is 1. The molecule has 0 spiro atoms. The molecule has 146 valence electrons. The average Bonchev–Trinajstić information content (AvgIpc) is 3.07. The zero-order chi connectivity index (χ0) is 19.1. The van der Waals surface area contributed by atoms with E-state index < -0.39 is 0 Å². The molecule has 1 atom stereocenters. The first-order valence-corrected chi connectivity index (χ1v) is 11.4. The summed E-state index contributed by atoms with van der Waals surface area (Å²) in [6.45, 7) is 7.04. The molecule has 1 unspecified atom stereocenters. The second-order valence-electron chi connectivity index (χ2n) is 8.60. The van der Waals surface area contributed by atoms with Crippen molar-refractivity contribution in [3.05, 3.63) is 41.0 Å². The third kappa shape index (κ3) is 3.37. The summed E-state index contributed by atoms with van der Waals surface area (Å²) < 4.78 is 0. The highest BCUT2D eigenvalue weighted by Gasteiger charge is 2.23. The molecule has 4 nitrogen and oxygen atoms in total. The standard InChI is InChI=1S/C23H28N4S/c1-15-9-11-27(12-10-15)18-6-4-17(5-7-18)26-22-21-19-8-3-16(2)13-20(19)28-23(21)25-14-24-22/h4-7,14-16H,3,8-13H2,1-2H3,(H,24,25,26). The minimum atomic E-state index is 0.773. The minimum Gasteiger partial charge on any atom is -0.372 e. The molecule has 1 aliphatic heterocycles. The zero-order valence-corrected chi connectivity index (χ0v) is 17.6. The summed E-state index contributed by atoms with van der Waals surface area (Å²) in [5.74, 6) is 2.59. The number of piperidine rings is 1. The first-order chi connectivity index (χ1) is 13.7. The van der Waals surface area contributed by atoms with Gasteiger partial charge in [-0.2, -0.15) is 0 Å². The largest absolute Gasteiger partial charge is 0.372 e. The number of nitrogens with zero attached hydrogens (tertiary/aromatic N) is 3. The smallest absolute Gasteiger partial charge is 0.142 e. The third-order valence-electron chi connectivity index (χ3n) is 6.37. The van der Waals surface area contributed by atoms with Gasteiger partial charge in [-0.1, -0.05) is 13.8 Å². The fourth-order valence-corrected chi connectivity index (χ4v) is 5.88. The Morgan fingerprint density at radius 2 is 1.79 bits per heavy atom. The molecular formula is C23H28N4S. The number of fused-ring (bicyclic) bond motifs is 3.